The van der Waals surface area contributed by atoms with Crippen LogP contribution in [0, 0.1) is 0 Å². The number of alkyl carbamates (subject to hydrolysis) is 1. The van der Waals surface area contributed by atoms with Crippen LogP contribution in [0.1, 0.15) is 33.6 Å². The van der Waals surface area contributed by atoms with Gasteiger partial charge in [0, 0.05) is 26.4 Å². The average Bonchev–Trinajstić information content (AvgIpc) is 2.29. The molecule has 0 aromatic carbocycles. The number of carbonyl (C=O) groups is 1. The van der Waals surface area contributed by atoms with Crippen molar-refractivity contribution in [2.75, 3.05) is 39.6 Å². The fourth-order valence-corrected chi connectivity index (χ4v) is 1.21. The Morgan fingerprint density at radius 1 is 1.05 bits per heavy atom. The zero-order chi connectivity index (χ0) is 14.6. The summed E-state index contributed by atoms with van der Waals surface area (Å²) in [5.74, 6) is 0. The summed E-state index contributed by atoms with van der Waals surface area (Å²) in [4.78, 5) is 11.3. The predicted molar refractivity (Wildman–Crippen MR) is 72.2 cm³/mol. The van der Waals surface area contributed by atoms with E-state index in [4.69, 9.17) is 19.3 Å². The van der Waals surface area contributed by atoms with Gasteiger partial charge in [-0.15, -0.1) is 0 Å². The highest BCUT2D eigenvalue weighted by Crippen LogP contribution is 2.06. The maximum atomic E-state index is 11.3. The summed E-state index contributed by atoms with van der Waals surface area (Å²) in [6.07, 6.45) is 1.15. The van der Waals surface area contributed by atoms with Gasteiger partial charge in [0.1, 0.15) is 5.60 Å². The van der Waals surface area contributed by atoms with E-state index >= 15 is 0 Å². The Labute approximate surface area is 115 Å². The molecule has 0 rings (SSSR count). The third-order valence-electron chi connectivity index (χ3n) is 1.95. The van der Waals surface area contributed by atoms with Crippen molar-refractivity contribution in [1.82, 2.24) is 5.32 Å². The number of aliphatic hydroxyl groups excluding tert-OH is 1. The monoisotopic (exact) mass is 277 g/mol. The Balaban J connectivity index is 3.21. The summed E-state index contributed by atoms with van der Waals surface area (Å²) >= 11 is 0. The van der Waals surface area contributed by atoms with E-state index in [-0.39, 0.29) is 6.61 Å². The Hall–Kier alpha value is -0.850. The van der Waals surface area contributed by atoms with Crippen molar-refractivity contribution in [1.29, 1.82) is 0 Å². The fraction of sp³-hybridized carbons (Fsp3) is 0.923. The summed E-state index contributed by atoms with van der Waals surface area (Å²) < 4.78 is 15.5. The molecular weight excluding hydrogens is 250 g/mol. The van der Waals surface area contributed by atoms with Gasteiger partial charge in [0.25, 0.3) is 0 Å². The van der Waals surface area contributed by atoms with E-state index in [1.54, 1.807) is 0 Å². The second kappa shape index (κ2) is 11.0. The summed E-state index contributed by atoms with van der Waals surface area (Å²) in [7, 11) is 0. The number of hydrogen-bond donors (Lipinski definition) is 2. The lowest BCUT2D eigenvalue weighted by Crippen LogP contribution is -2.33. The number of carbonyl (C=O) groups excluding carboxylic acids is 1. The molecule has 0 spiro atoms. The van der Waals surface area contributed by atoms with Crippen molar-refractivity contribution in [2.24, 2.45) is 0 Å². The topological polar surface area (TPSA) is 77.0 Å². The maximum absolute atomic E-state index is 11.3. The zero-order valence-electron chi connectivity index (χ0n) is 12.2. The van der Waals surface area contributed by atoms with Crippen molar-refractivity contribution in [3.05, 3.63) is 0 Å². The molecular formula is C13H27NO5. The van der Waals surface area contributed by atoms with Crippen molar-refractivity contribution in [3.63, 3.8) is 0 Å². The van der Waals surface area contributed by atoms with Crippen molar-refractivity contribution < 1.29 is 24.1 Å². The van der Waals surface area contributed by atoms with E-state index in [2.05, 4.69) is 5.32 Å². The molecule has 1 amide bonds. The highest BCUT2D eigenvalue weighted by Gasteiger charge is 2.15. The minimum absolute atomic E-state index is 0.0528. The second-order valence-electron chi connectivity index (χ2n) is 5.08. The third kappa shape index (κ3) is 15.1. The van der Waals surface area contributed by atoms with Gasteiger partial charge in [0.05, 0.1) is 13.2 Å². The molecule has 0 aliphatic carbocycles. The summed E-state index contributed by atoms with van der Waals surface area (Å²) in [5, 5.41) is 11.1. The smallest absolute Gasteiger partial charge is 0.407 e. The molecule has 0 saturated carbocycles. The first kappa shape index (κ1) is 18.1. The Morgan fingerprint density at radius 3 is 2.21 bits per heavy atom. The van der Waals surface area contributed by atoms with Crippen LogP contribution in [0.25, 0.3) is 0 Å². The Kier molecular flexibility index (Phi) is 10.5. The first-order chi connectivity index (χ1) is 8.95. The average molecular weight is 277 g/mol. The number of hydrogen-bond acceptors (Lipinski definition) is 5. The van der Waals surface area contributed by atoms with Crippen LogP contribution in [0.3, 0.4) is 0 Å². The molecule has 0 aromatic heterocycles. The van der Waals surface area contributed by atoms with E-state index in [0.29, 0.717) is 33.0 Å². The van der Waals surface area contributed by atoms with Crippen LogP contribution < -0.4 is 5.32 Å². The molecule has 0 aliphatic heterocycles. The Morgan fingerprint density at radius 2 is 1.63 bits per heavy atom. The standard InChI is InChI=1S/C13H27NO5/c1-13(2,3)19-12(16)14-6-4-8-17-9-5-10-18-11-7-15/h15H,4-11H2,1-3H3,(H,14,16). The normalized spacial score (nSPS) is 11.4. The molecule has 6 heteroatoms. The zero-order valence-corrected chi connectivity index (χ0v) is 12.2. The SMILES string of the molecule is CC(C)(C)OC(=O)NCCCOCCCOCCO. The molecule has 0 aliphatic rings. The maximum Gasteiger partial charge on any atom is 0.407 e. The van der Waals surface area contributed by atoms with E-state index in [9.17, 15) is 4.79 Å². The molecule has 19 heavy (non-hydrogen) atoms. The number of aliphatic hydroxyl groups is 1. The number of amides is 1. The summed E-state index contributed by atoms with van der Waals surface area (Å²) in [5.41, 5.74) is -0.463. The first-order valence-corrected chi connectivity index (χ1v) is 6.69. The number of ether oxygens (including phenoxy) is 3. The van der Waals surface area contributed by atoms with Gasteiger partial charge in [-0.2, -0.15) is 0 Å². The lowest BCUT2D eigenvalue weighted by atomic mass is 10.2. The van der Waals surface area contributed by atoms with Gasteiger partial charge in [0.15, 0.2) is 0 Å². The minimum atomic E-state index is -0.463. The van der Waals surface area contributed by atoms with E-state index in [0.717, 1.165) is 12.8 Å². The Bertz CT molecular complexity index is 228. The molecule has 0 unspecified atom stereocenters. The van der Waals surface area contributed by atoms with Crippen molar-refractivity contribution >= 4 is 6.09 Å². The van der Waals surface area contributed by atoms with Gasteiger partial charge >= 0.3 is 6.09 Å². The van der Waals surface area contributed by atoms with Gasteiger partial charge in [-0.05, 0) is 33.6 Å². The first-order valence-electron chi connectivity index (χ1n) is 6.69. The van der Waals surface area contributed by atoms with Crippen LogP contribution in [0.4, 0.5) is 4.79 Å². The molecule has 0 atom stereocenters. The molecule has 6 nitrogen and oxygen atoms in total. The van der Waals surface area contributed by atoms with E-state index in [1.165, 1.54) is 0 Å². The van der Waals surface area contributed by atoms with Crippen LogP contribution in [0.15, 0.2) is 0 Å². The van der Waals surface area contributed by atoms with Crippen LogP contribution >= 0.6 is 0 Å². The lowest BCUT2D eigenvalue weighted by Gasteiger charge is -2.19. The van der Waals surface area contributed by atoms with Crippen LogP contribution in [-0.2, 0) is 14.2 Å². The molecule has 0 saturated heterocycles. The number of nitrogens with one attached hydrogen (secondary N) is 1. The van der Waals surface area contributed by atoms with Crippen LogP contribution in [0.2, 0.25) is 0 Å². The van der Waals surface area contributed by atoms with Crippen LogP contribution in [0.5, 0.6) is 0 Å². The van der Waals surface area contributed by atoms with Gasteiger partial charge < -0.3 is 24.6 Å². The van der Waals surface area contributed by atoms with Crippen LogP contribution in [-0.4, -0.2) is 56.4 Å². The summed E-state index contributed by atoms with van der Waals surface area (Å²) in [6.45, 7) is 8.26. The fourth-order valence-electron chi connectivity index (χ4n) is 1.21. The molecule has 114 valence electrons. The lowest BCUT2D eigenvalue weighted by molar-refractivity contribution is 0.0509. The third-order valence-corrected chi connectivity index (χ3v) is 1.95. The molecule has 2 N–H and O–H groups in total. The quantitative estimate of drug-likeness (QED) is 0.589. The van der Waals surface area contributed by atoms with Crippen molar-refractivity contribution in [3.8, 4) is 0 Å². The van der Waals surface area contributed by atoms with Gasteiger partial charge in [-0.25, -0.2) is 4.79 Å². The highest BCUT2D eigenvalue weighted by molar-refractivity contribution is 5.67. The van der Waals surface area contributed by atoms with Gasteiger partial charge in [-0.3, -0.25) is 0 Å². The summed E-state index contributed by atoms with van der Waals surface area (Å²) in [6, 6.07) is 0. The number of rotatable bonds is 10. The molecule has 0 bridgehead atoms. The molecule has 0 fully saturated rings. The molecule has 0 heterocycles. The predicted octanol–water partition coefficient (Wildman–Crippen LogP) is 1.32. The molecule has 0 radical (unpaired) electrons. The van der Waals surface area contributed by atoms with Gasteiger partial charge in [-0.1, -0.05) is 0 Å². The molecule has 0 aromatic rings. The largest absolute Gasteiger partial charge is 0.444 e. The van der Waals surface area contributed by atoms with Gasteiger partial charge in [0.2, 0.25) is 0 Å². The second-order valence-corrected chi connectivity index (χ2v) is 5.08. The van der Waals surface area contributed by atoms with E-state index in [1.807, 2.05) is 20.8 Å². The van der Waals surface area contributed by atoms with E-state index < -0.39 is 11.7 Å². The van der Waals surface area contributed by atoms with Crippen molar-refractivity contribution in [2.45, 2.75) is 39.2 Å². The minimum Gasteiger partial charge on any atom is -0.444 e. The highest BCUT2D eigenvalue weighted by atomic mass is 16.6.